The molecule has 1 aromatic heterocycles. The lowest BCUT2D eigenvalue weighted by Crippen LogP contribution is -2.29. The average molecular weight is 351 g/mol. The van der Waals surface area contributed by atoms with Crippen molar-refractivity contribution in [2.24, 2.45) is 0 Å². The molecule has 1 aromatic carbocycles. The highest BCUT2D eigenvalue weighted by Crippen LogP contribution is 2.31. The summed E-state index contributed by atoms with van der Waals surface area (Å²) in [5.74, 6) is -0.845. The summed E-state index contributed by atoms with van der Waals surface area (Å²) in [6.07, 6.45) is -4.39. The van der Waals surface area contributed by atoms with Gasteiger partial charge in [0.05, 0.1) is 23.9 Å². The maximum Gasteiger partial charge on any atom is 0.418 e. The van der Waals surface area contributed by atoms with Gasteiger partial charge in [0.1, 0.15) is 11.4 Å². The molecule has 0 atom stereocenters. The Morgan fingerprint density at radius 1 is 1.35 bits per heavy atom. The van der Waals surface area contributed by atoms with Crippen molar-refractivity contribution in [1.29, 1.82) is 0 Å². The van der Waals surface area contributed by atoms with E-state index in [1.165, 1.54) is 14.0 Å². The number of nitrogens with zero attached hydrogens (tertiary/aromatic N) is 2. The van der Waals surface area contributed by atoms with Crippen LogP contribution in [0.3, 0.4) is 0 Å². The number of alkyl halides is 3. The monoisotopic (exact) mass is 350 g/mol. The Hall–Kier alpha value is -2.09. The number of methoxy groups -OCH3 is 1. The standard InChI is InChI=1S/C14H11ClF4N2O2/c1-3-7-8(14(17,18)19)6-20-21(13(7)22)11-5-12(23-2)9(15)4-10(11)16/h4-6H,3H2,1-2H3. The minimum Gasteiger partial charge on any atom is -0.495 e. The Labute approximate surface area is 133 Å². The SMILES string of the molecule is CCc1c(C(F)(F)F)cnn(-c2cc(OC)c(Cl)cc2F)c1=O. The summed E-state index contributed by atoms with van der Waals surface area (Å²) < 4.78 is 58.2. The van der Waals surface area contributed by atoms with Crippen LogP contribution in [0.2, 0.25) is 5.02 Å². The summed E-state index contributed by atoms with van der Waals surface area (Å²) in [5, 5.41) is 3.40. The first-order chi connectivity index (χ1) is 10.7. The molecule has 0 bridgehead atoms. The molecule has 2 rings (SSSR count). The lowest BCUT2D eigenvalue weighted by atomic mass is 10.1. The molecule has 0 unspecified atom stereocenters. The van der Waals surface area contributed by atoms with E-state index < -0.39 is 28.7 Å². The van der Waals surface area contributed by atoms with E-state index in [9.17, 15) is 22.4 Å². The third-order valence-corrected chi connectivity index (χ3v) is 3.48. The van der Waals surface area contributed by atoms with Gasteiger partial charge in [0.25, 0.3) is 5.56 Å². The van der Waals surface area contributed by atoms with Gasteiger partial charge >= 0.3 is 6.18 Å². The Balaban J connectivity index is 2.74. The molecule has 0 spiro atoms. The third-order valence-electron chi connectivity index (χ3n) is 3.19. The molecule has 0 aliphatic heterocycles. The molecule has 0 radical (unpaired) electrons. The van der Waals surface area contributed by atoms with Crippen molar-refractivity contribution in [3.8, 4) is 11.4 Å². The molecule has 0 saturated heterocycles. The smallest absolute Gasteiger partial charge is 0.418 e. The Morgan fingerprint density at radius 3 is 2.52 bits per heavy atom. The van der Waals surface area contributed by atoms with Crippen LogP contribution in [-0.4, -0.2) is 16.9 Å². The van der Waals surface area contributed by atoms with E-state index in [1.54, 1.807) is 0 Å². The number of aromatic nitrogens is 2. The van der Waals surface area contributed by atoms with Gasteiger partial charge in [-0.3, -0.25) is 4.79 Å². The van der Waals surface area contributed by atoms with Crippen LogP contribution in [0.4, 0.5) is 17.6 Å². The summed E-state index contributed by atoms with van der Waals surface area (Å²) in [4.78, 5) is 12.3. The number of hydrogen-bond donors (Lipinski definition) is 0. The van der Waals surface area contributed by atoms with Gasteiger partial charge in [-0.15, -0.1) is 0 Å². The molecule has 23 heavy (non-hydrogen) atoms. The first-order valence-corrected chi connectivity index (χ1v) is 6.80. The van der Waals surface area contributed by atoms with Gasteiger partial charge in [0.15, 0.2) is 5.82 Å². The second kappa shape index (κ2) is 6.19. The van der Waals surface area contributed by atoms with Crippen LogP contribution in [-0.2, 0) is 12.6 Å². The first-order valence-electron chi connectivity index (χ1n) is 6.42. The fourth-order valence-electron chi connectivity index (χ4n) is 2.08. The van der Waals surface area contributed by atoms with Gasteiger partial charge in [0, 0.05) is 11.6 Å². The maximum absolute atomic E-state index is 14.0. The fourth-order valence-corrected chi connectivity index (χ4v) is 2.31. The van der Waals surface area contributed by atoms with E-state index in [0.717, 1.165) is 12.1 Å². The zero-order valence-electron chi connectivity index (χ0n) is 12.0. The van der Waals surface area contributed by atoms with E-state index in [4.69, 9.17) is 16.3 Å². The Morgan fingerprint density at radius 2 is 2.00 bits per heavy atom. The highest BCUT2D eigenvalue weighted by Gasteiger charge is 2.35. The predicted molar refractivity (Wildman–Crippen MR) is 75.7 cm³/mol. The van der Waals surface area contributed by atoms with E-state index in [1.807, 2.05) is 0 Å². The quantitative estimate of drug-likeness (QED) is 0.794. The number of benzene rings is 1. The molecular weight excluding hydrogens is 340 g/mol. The van der Waals surface area contributed by atoms with E-state index in [2.05, 4.69) is 5.10 Å². The second-order valence-corrected chi connectivity index (χ2v) is 4.95. The van der Waals surface area contributed by atoms with Gasteiger partial charge < -0.3 is 4.74 Å². The number of hydrogen-bond acceptors (Lipinski definition) is 3. The highest BCUT2D eigenvalue weighted by molar-refractivity contribution is 6.32. The molecule has 0 amide bonds. The summed E-state index contributed by atoms with van der Waals surface area (Å²) >= 11 is 5.75. The molecule has 0 N–H and O–H groups in total. The minimum atomic E-state index is -4.72. The fraction of sp³-hybridized carbons (Fsp3) is 0.286. The topological polar surface area (TPSA) is 44.1 Å². The molecule has 0 aliphatic rings. The molecule has 124 valence electrons. The van der Waals surface area contributed by atoms with Crippen LogP contribution in [0.15, 0.2) is 23.1 Å². The highest BCUT2D eigenvalue weighted by atomic mass is 35.5. The summed E-state index contributed by atoms with van der Waals surface area (Å²) in [6, 6.07) is 1.99. The average Bonchev–Trinajstić information content (AvgIpc) is 2.46. The largest absolute Gasteiger partial charge is 0.495 e. The minimum absolute atomic E-state index is 0.0376. The normalized spacial score (nSPS) is 11.6. The number of rotatable bonds is 3. The van der Waals surface area contributed by atoms with E-state index in [0.29, 0.717) is 10.9 Å². The predicted octanol–water partition coefficient (Wildman–Crippen LogP) is 3.61. The van der Waals surface area contributed by atoms with Gasteiger partial charge in [-0.25, -0.2) is 4.39 Å². The van der Waals surface area contributed by atoms with Crippen LogP contribution in [0.1, 0.15) is 18.1 Å². The summed E-state index contributed by atoms with van der Waals surface area (Å²) in [6.45, 7) is 1.40. The van der Waals surface area contributed by atoms with Crippen molar-refractivity contribution in [1.82, 2.24) is 9.78 Å². The number of halogens is 5. The zero-order valence-corrected chi connectivity index (χ0v) is 12.8. The Kier molecular flexibility index (Phi) is 4.65. The molecular formula is C14H11ClF4N2O2. The van der Waals surface area contributed by atoms with Crippen molar-refractivity contribution in [2.75, 3.05) is 7.11 Å². The lowest BCUT2D eigenvalue weighted by molar-refractivity contribution is -0.138. The van der Waals surface area contributed by atoms with Crippen LogP contribution < -0.4 is 10.3 Å². The second-order valence-electron chi connectivity index (χ2n) is 4.54. The molecule has 9 heteroatoms. The molecule has 2 aromatic rings. The lowest BCUT2D eigenvalue weighted by Gasteiger charge is -2.14. The van der Waals surface area contributed by atoms with E-state index >= 15 is 0 Å². The molecule has 0 saturated carbocycles. The van der Waals surface area contributed by atoms with Crippen LogP contribution >= 0.6 is 11.6 Å². The van der Waals surface area contributed by atoms with Gasteiger partial charge in [-0.2, -0.15) is 23.0 Å². The van der Waals surface area contributed by atoms with Crippen molar-refractivity contribution in [3.05, 3.63) is 50.7 Å². The Bertz CT molecular complexity index is 803. The van der Waals surface area contributed by atoms with Crippen LogP contribution in [0.5, 0.6) is 5.75 Å². The summed E-state index contributed by atoms with van der Waals surface area (Å²) in [5.41, 5.74) is -3.03. The molecule has 4 nitrogen and oxygen atoms in total. The van der Waals surface area contributed by atoms with Gasteiger partial charge in [-0.05, 0) is 12.5 Å². The maximum atomic E-state index is 14.0. The van der Waals surface area contributed by atoms with E-state index in [-0.39, 0.29) is 22.9 Å². The molecule has 0 aliphatic carbocycles. The van der Waals surface area contributed by atoms with Crippen molar-refractivity contribution < 1.29 is 22.3 Å². The van der Waals surface area contributed by atoms with Crippen LogP contribution in [0, 0.1) is 5.82 Å². The van der Waals surface area contributed by atoms with Crippen molar-refractivity contribution in [2.45, 2.75) is 19.5 Å². The van der Waals surface area contributed by atoms with Gasteiger partial charge in [0.2, 0.25) is 0 Å². The summed E-state index contributed by atoms with van der Waals surface area (Å²) in [7, 11) is 1.28. The van der Waals surface area contributed by atoms with Crippen molar-refractivity contribution in [3.63, 3.8) is 0 Å². The third kappa shape index (κ3) is 3.17. The first kappa shape index (κ1) is 17.3. The van der Waals surface area contributed by atoms with Crippen molar-refractivity contribution >= 4 is 11.6 Å². The molecule has 0 fully saturated rings. The van der Waals surface area contributed by atoms with Gasteiger partial charge in [-0.1, -0.05) is 18.5 Å². The zero-order chi connectivity index (χ0) is 17.4. The van der Waals surface area contributed by atoms with Crippen LogP contribution in [0.25, 0.3) is 5.69 Å². The number of ether oxygens (including phenoxy) is 1. The molecule has 1 heterocycles.